The summed E-state index contributed by atoms with van der Waals surface area (Å²) in [6.07, 6.45) is -10.2. The lowest BCUT2D eigenvalue weighted by atomic mass is 9.71. The molecular formula is C22H12F6O4. The number of hydrogen-bond donors (Lipinski definition) is 0. The molecule has 0 N–H and O–H groups in total. The molecule has 2 aromatic carbocycles. The lowest BCUT2D eigenvalue weighted by Gasteiger charge is -2.39. The van der Waals surface area contributed by atoms with Gasteiger partial charge in [-0.15, -0.1) is 0 Å². The highest BCUT2D eigenvalue weighted by Gasteiger charge is 2.72. The first-order chi connectivity index (χ1) is 14.8. The lowest BCUT2D eigenvalue weighted by molar-refractivity contribution is -0.288. The third-order valence-corrected chi connectivity index (χ3v) is 5.21. The molecule has 0 radical (unpaired) electrons. The molecule has 3 rings (SSSR count). The van der Waals surface area contributed by atoms with Crippen molar-refractivity contribution in [1.29, 1.82) is 0 Å². The predicted molar refractivity (Wildman–Crippen MR) is 99.0 cm³/mol. The van der Waals surface area contributed by atoms with E-state index in [2.05, 4.69) is 0 Å². The number of carbonyl (C=O) groups is 4. The van der Waals surface area contributed by atoms with Crippen molar-refractivity contribution in [2.24, 2.45) is 0 Å². The zero-order valence-corrected chi connectivity index (χ0v) is 16.1. The summed E-state index contributed by atoms with van der Waals surface area (Å²) in [6.45, 7) is 0.893. The van der Waals surface area contributed by atoms with Gasteiger partial charge in [-0.1, -0.05) is 18.2 Å². The molecule has 1 aliphatic rings. The topological polar surface area (TPSA) is 68.3 Å². The van der Waals surface area contributed by atoms with E-state index in [-0.39, 0.29) is 17.4 Å². The number of fused-ring (bicyclic) bond motifs is 1. The smallest absolute Gasteiger partial charge is 0.298 e. The molecule has 166 valence electrons. The highest BCUT2D eigenvalue weighted by atomic mass is 19.4. The maximum atomic E-state index is 14.3. The average molecular weight is 454 g/mol. The van der Waals surface area contributed by atoms with Gasteiger partial charge in [0, 0.05) is 22.3 Å². The van der Waals surface area contributed by atoms with Crippen LogP contribution in [0.25, 0.3) is 0 Å². The van der Waals surface area contributed by atoms with Crippen molar-refractivity contribution in [2.75, 3.05) is 0 Å². The third-order valence-electron chi connectivity index (χ3n) is 5.21. The minimum Gasteiger partial charge on any atom is -0.298 e. The summed E-state index contributed by atoms with van der Waals surface area (Å²) in [5.41, 5.74) is -9.31. The average Bonchev–Trinajstić information content (AvgIpc) is 2.69. The molecule has 0 aromatic heterocycles. The van der Waals surface area contributed by atoms with E-state index >= 15 is 0 Å². The summed E-state index contributed by atoms with van der Waals surface area (Å²) in [4.78, 5) is 46.9. The van der Waals surface area contributed by atoms with Gasteiger partial charge in [0.15, 0.2) is 23.6 Å². The van der Waals surface area contributed by atoms with Crippen LogP contribution in [0.2, 0.25) is 0 Å². The molecule has 0 aliphatic heterocycles. The Morgan fingerprint density at radius 3 is 1.78 bits per heavy atom. The fourth-order valence-corrected chi connectivity index (χ4v) is 3.71. The first-order valence-electron chi connectivity index (χ1n) is 8.91. The summed E-state index contributed by atoms with van der Waals surface area (Å²) >= 11 is 0. The van der Waals surface area contributed by atoms with Crippen LogP contribution in [0.5, 0.6) is 0 Å². The molecule has 10 heteroatoms. The molecule has 0 atom stereocenters. The summed E-state index contributed by atoms with van der Waals surface area (Å²) in [5.74, 6) is -2.59. The maximum Gasteiger partial charge on any atom is 0.411 e. The van der Waals surface area contributed by atoms with Crippen LogP contribution in [-0.2, 0) is 5.41 Å². The van der Waals surface area contributed by atoms with Gasteiger partial charge in [0.05, 0.1) is 0 Å². The zero-order chi connectivity index (χ0) is 24.1. The molecule has 0 bridgehead atoms. The Bertz CT molecular complexity index is 1170. The number of alkyl halides is 6. The van der Waals surface area contributed by atoms with E-state index in [1.165, 1.54) is 0 Å². The molecular weight excluding hydrogens is 442 g/mol. The van der Waals surface area contributed by atoms with Gasteiger partial charge in [0.25, 0.3) is 0 Å². The van der Waals surface area contributed by atoms with Gasteiger partial charge in [-0.2, -0.15) is 26.3 Å². The third kappa shape index (κ3) is 3.35. The van der Waals surface area contributed by atoms with Crippen LogP contribution in [0.1, 0.15) is 59.5 Å². The normalized spacial score (nSPS) is 14.3. The molecule has 0 saturated heterocycles. The first-order valence-corrected chi connectivity index (χ1v) is 8.91. The minimum absolute atomic E-state index is 0.138. The Balaban J connectivity index is 2.45. The lowest BCUT2D eigenvalue weighted by Crippen LogP contribution is -2.55. The second-order valence-electron chi connectivity index (χ2n) is 7.04. The molecule has 0 heterocycles. The number of allylic oxidation sites excluding steroid dienone is 2. The summed E-state index contributed by atoms with van der Waals surface area (Å²) in [7, 11) is 0. The van der Waals surface area contributed by atoms with Gasteiger partial charge in [-0.05, 0) is 48.4 Å². The van der Waals surface area contributed by atoms with Gasteiger partial charge < -0.3 is 0 Å². The molecule has 0 unspecified atom stereocenters. The van der Waals surface area contributed by atoms with Crippen LogP contribution in [0.3, 0.4) is 0 Å². The van der Waals surface area contributed by atoms with E-state index in [1.807, 2.05) is 0 Å². The summed E-state index contributed by atoms with van der Waals surface area (Å²) < 4.78 is 85.9. The van der Waals surface area contributed by atoms with Gasteiger partial charge in [-0.3, -0.25) is 19.2 Å². The van der Waals surface area contributed by atoms with E-state index in [4.69, 9.17) is 0 Å². The minimum atomic E-state index is -5.98. The number of rotatable bonds is 4. The van der Waals surface area contributed by atoms with Crippen molar-refractivity contribution in [3.8, 4) is 0 Å². The Morgan fingerprint density at radius 1 is 0.781 bits per heavy atom. The predicted octanol–water partition coefficient (Wildman–Crippen LogP) is 5.05. The van der Waals surface area contributed by atoms with Crippen LogP contribution >= 0.6 is 0 Å². The maximum absolute atomic E-state index is 14.3. The molecule has 32 heavy (non-hydrogen) atoms. The van der Waals surface area contributed by atoms with Crippen LogP contribution in [0, 0.1) is 0 Å². The van der Waals surface area contributed by atoms with Crippen molar-refractivity contribution in [3.05, 3.63) is 81.9 Å². The standard InChI is InChI=1S/C22H12F6O4/c1-11(30)16-8-13(3-2-12(16)10-29)20(21(23,24)25,22(26,27)28)14-4-5-15-17(9-14)19(32)7-6-18(15)31/h2-10H,1H3. The SMILES string of the molecule is CC(=O)c1cc(C(c2ccc3c(c2)C(=O)C=CC3=O)(C(F)(F)F)C(F)(F)F)ccc1C=O. The van der Waals surface area contributed by atoms with Crippen molar-refractivity contribution in [1.82, 2.24) is 0 Å². The molecule has 0 fully saturated rings. The quantitative estimate of drug-likeness (QED) is 0.369. The fraction of sp³-hybridized carbons (Fsp3) is 0.182. The van der Waals surface area contributed by atoms with Crippen molar-refractivity contribution >= 4 is 23.6 Å². The highest BCUT2D eigenvalue weighted by Crippen LogP contribution is 2.56. The molecule has 1 aliphatic carbocycles. The monoisotopic (exact) mass is 454 g/mol. The summed E-state index contributed by atoms with van der Waals surface area (Å²) in [6, 6.07) is 3.13. The molecule has 2 aromatic rings. The van der Waals surface area contributed by atoms with Gasteiger partial charge in [0.1, 0.15) is 0 Å². The van der Waals surface area contributed by atoms with Crippen LogP contribution in [0.4, 0.5) is 26.3 Å². The Morgan fingerprint density at radius 2 is 1.28 bits per heavy atom. The van der Waals surface area contributed by atoms with Crippen LogP contribution < -0.4 is 0 Å². The number of benzene rings is 2. The van der Waals surface area contributed by atoms with E-state index in [0.717, 1.165) is 25.1 Å². The van der Waals surface area contributed by atoms with Crippen molar-refractivity contribution in [2.45, 2.75) is 24.7 Å². The van der Waals surface area contributed by atoms with E-state index in [1.54, 1.807) is 0 Å². The number of halogens is 6. The number of ketones is 3. The van der Waals surface area contributed by atoms with E-state index in [0.29, 0.717) is 30.3 Å². The fourth-order valence-electron chi connectivity index (χ4n) is 3.71. The first kappa shape index (κ1) is 23.1. The largest absolute Gasteiger partial charge is 0.411 e. The number of Topliss-reactive ketones (excluding diaryl/α,β-unsaturated/α-hetero) is 1. The van der Waals surface area contributed by atoms with Gasteiger partial charge in [0.2, 0.25) is 5.41 Å². The molecule has 0 spiro atoms. The Labute approximate surface area is 176 Å². The number of aldehydes is 1. The van der Waals surface area contributed by atoms with Crippen molar-refractivity contribution < 1.29 is 45.5 Å². The van der Waals surface area contributed by atoms with E-state index < -0.39 is 57.4 Å². The van der Waals surface area contributed by atoms with Gasteiger partial charge >= 0.3 is 12.4 Å². The Kier molecular flexibility index (Phi) is 5.45. The second kappa shape index (κ2) is 7.54. The van der Waals surface area contributed by atoms with Crippen molar-refractivity contribution in [3.63, 3.8) is 0 Å². The second-order valence-corrected chi connectivity index (χ2v) is 7.04. The number of hydrogen-bond acceptors (Lipinski definition) is 4. The molecule has 0 amide bonds. The highest BCUT2D eigenvalue weighted by molar-refractivity contribution is 6.22. The van der Waals surface area contributed by atoms with E-state index in [9.17, 15) is 45.5 Å². The molecule has 0 saturated carbocycles. The van der Waals surface area contributed by atoms with Gasteiger partial charge in [-0.25, -0.2) is 0 Å². The summed E-state index contributed by atoms with van der Waals surface area (Å²) in [5, 5.41) is 0. The Hall–Kier alpha value is -3.56. The zero-order valence-electron chi connectivity index (χ0n) is 16.1. The number of carbonyl (C=O) groups excluding carboxylic acids is 4. The van der Waals surface area contributed by atoms with Crippen LogP contribution in [0.15, 0.2) is 48.6 Å². The van der Waals surface area contributed by atoms with Crippen LogP contribution in [-0.4, -0.2) is 36.0 Å². The molecule has 4 nitrogen and oxygen atoms in total.